The molecule has 0 unspecified atom stereocenters. The Morgan fingerprint density at radius 2 is 1.96 bits per heavy atom. The predicted molar refractivity (Wildman–Crippen MR) is 96.8 cm³/mol. The summed E-state index contributed by atoms with van der Waals surface area (Å²) in [6, 6.07) is 12.5. The van der Waals surface area contributed by atoms with Crippen LogP contribution in [0.3, 0.4) is 0 Å². The van der Waals surface area contributed by atoms with Gasteiger partial charge in [-0.25, -0.2) is 9.97 Å². The minimum Gasteiger partial charge on any atom is -0.394 e. The van der Waals surface area contributed by atoms with Gasteiger partial charge in [0.2, 0.25) is 0 Å². The topological polar surface area (TPSA) is 61.7 Å². The molecule has 6 nitrogen and oxygen atoms in total. The van der Waals surface area contributed by atoms with Crippen molar-refractivity contribution in [1.82, 2.24) is 9.97 Å². The lowest BCUT2D eigenvalue weighted by molar-refractivity contribution is 0.0395. The second-order valence-corrected chi connectivity index (χ2v) is 6.62. The molecule has 2 atom stereocenters. The molecule has 0 aliphatic carbocycles. The van der Waals surface area contributed by atoms with Crippen molar-refractivity contribution in [1.29, 1.82) is 0 Å². The zero-order chi connectivity index (χ0) is 17.1. The van der Waals surface area contributed by atoms with Gasteiger partial charge in [-0.2, -0.15) is 0 Å². The number of anilines is 2. The molecular weight excluding hydrogens is 316 g/mol. The molecule has 1 N–H and O–H groups in total. The van der Waals surface area contributed by atoms with Crippen LogP contribution in [-0.2, 0) is 4.74 Å². The van der Waals surface area contributed by atoms with E-state index < -0.39 is 0 Å². The lowest BCUT2D eigenvalue weighted by Gasteiger charge is -2.34. The quantitative estimate of drug-likeness (QED) is 0.919. The van der Waals surface area contributed by atoms with Crippen LogP contribution < -0.4 is 9.80 Å². The fraction of sp³-hybridized carbons (Fsp3) is 0.474. The van der Waals surface area contributed by atoms with Crippen molar-refractivity contribution in [2.24, 2.45) is 0 Å². The molecule has 2 aliphatic rings. The van der Waals surface area contributed by atoms with Gasteiger partial charge in [0.15, 0.2) is 0 Å². The number of hydrogen-bond donors (Lipinski definition) is 1. The first-order valence-electron chi connectivity index (χ1n) is 8.96. The van der Waals surface area contributed by atoms with Crippen LogP contribution in [0.4, 0.5) is 11.6 Å². The van der Waals surface area contributed by atoms with Crippen LogP contribution in [0.1, 0.15) is 24.5 Å². The van der Waals surface area contributed by atoms with Crippen molar-refractivity contribution in [2.75, 3.05) is 42.6 Å². The molecule has 25 heavy (non-hydrogen) atoms. The van der Waals surface area contributed by atoms with Crippen LogP contribution in [0.5, 0.6) is 0 Å². The summed E-state index contributed by atoms with van der Waals surface area (Å²) in [6.07, 6.45) is 3.80. The highest BCUT2D eigenvalue weighted by molar-refractivity contribution is 5.51. The first kappa shape index (κ1) is 16.3. The van der Waals surface area contributed by atoms with E-state index in [4.69, 9.17) is 4.74 Å². The summed E-state index contributed by atoms with van der Waals surface area (Å²) < 4.78 is 5.95. The van der Waals surface area contributed by atoms with E-state index in [1.165, 1.54) is 5.56 Å². The van der Waals surface area contributed by atoms with Crippen LogP contribution in [-0.4, -0.2) is 54.0 Å². The van der Waals surface area contributed by atoms with Crippen molar-refractivity contribution < 1.29 is 9.84 Å². The van der Waals surface area contributed by atoms with Gasteiger partial charge >= 0.3 is 0 Å². The fourth-order valence-electron chi connectivity index (χ4n) is 3.72. The first-order chi connectivity index (χ1) is 12.3. The average molecular weight is 340 g/mol. The fourth-order valence-corrected chi connectivity index (χ4v) is 3.72. The molecule has 1 aromatic carbocycles. The molecule has 0 radical (unpaired) electrons. The number of ether oxygens (including phenoxy) is 1. The number of morpholine rings is 1. The third kappa shape index (κ3) is 3.45. The summed E-state index contributed by atoms with van der Waals surface area (Å²) in [5.74, 6) is 1.84. The number of nitrogens with zero attached hydrogens (tertiary/aromatic N) is 4. The second kappa shape index (κ2) is 7.37. The molecule has 0 bridgehead atoms. The highest BCUT2D eigenvalue weighted by Gasteiger charge is 2.27. The van der Waals surface area contributed by atoms with Crippen molar-refractivity contribution >= 4 is 11.6 Å². The Hall–Kier alpha value is -2.18. The largest absolute Gasteiger partial charge is 0.394 e. The second-order valence-electron chi connectivity index (χ2n) is 6.62. The summed E-state index contributed by atoms with van der Waals surface area (Å²) in [4.78, 5) is 13.4. The summed E-state index contributed by atoms with van der Waals surface area (Å²) >= 11 is 0. The lowest BCUT2D eigenvalue weighted by Crippen LogP contribution is -2.39. The monoisotopic (exact) mass is 340 g/mol. The molecule has 132 valence electrons. The number of aromatic nitrogens is 2. The predicted octanol–water partition coefficient (Wildman–Crippen LogP) is 2.02. The van der Waals surface area contributed by atoms with Gasteiger partial charge in [0.25, 0.3) is 0 Å². The Morgan fingerprint density at radius 1 is 1.12 bits per heavy atom. The van der Waals surface area contributed by atoms with E-state index in [-0.39, 0.29) is 18.8 Å². The maximum absolute atomic E-state index is 9.56. The average Bonchev–Trinajstić information content (AvgIpc) is 3.18. The molecule has 4 rings (SSSR count). The van der Waals surface area contributed by atoms with Crippen molar-refractivity contribution in [2.45, 2.75) is 25.0 Å². The van der Waals surface area contributed by atoms with Gasteiger partial charge in [0, 0.05) is 25.7 Å². The smallest absolute Gasteiger partial charge is 0.134 e. The summed E-state index contributed by atoms with van der Waals surface area (Å²) in [5, 5.41) is 9.56. The highest BCUT2D eigenvalue weighted by atomic mass is 16.5. The Morgan fingerprint density at radius 3 is 2.80 bits per heavy atom. The van der Waals surface area contributed by atoms with Gasteiger partial charge in [-0.05, 0) is 18.4 Å². The number of hydrogen-bond acceptors (Lipinski definition) is 6. The normalized spacial score (nSPS) is 23.9. The van der Waals surface area contributed by atoms with Crippen molar-refractivity contribution in [3.63, 3.8) is 0 Å². The number of aliphatic hydroxyl groups is 1. The minimum absolute atomic E-state index is 0.0605. The van der Waals surface area contributed by atoms with Crippen LogP contribution in [0.25, 0.3) is 0 Å². The van der Waals surface area contributed by atoms with E-state index in [9.17, 15) is 5.11 Å². The summed E-state index contributed by atoms with van der Waals surface area (Å²) in [5.41, 5.74) is 1.20. The standard InChI is InChI=1S/C19H24N4O2/c24-13-16-7-4-8-23(16)19-11-18(20-14-21-19)22-9-10-25-17(12-22)15-5-2-1-3-6-15/h1-3,5-6,11,14,16-17,24H,4,7-10,12-13H2/t16-,17+/m0/s1. The number of rotatable bonds is 4. The van der Waals surface area contributed by atoms with E-state index in [0.29, 0.717) is 6.61 Å². The molecule has 6 heteroatoms. The molecule has 2 aromatic rings. The third-order valence-electron chi connectivity index (χ3n) is 5.08. The van der Waals surface area contributed by atoms with Gasteiger partial charge in [-0.3, -0.25) is 0 Å². The molecule has 2 fully saturated rings. The SMILES string of the molecule is OC[C@@H]1CCCN1c1cc(N2CCO[C@@H](c3ccccc3)C2)ncn1. The molecule has 0 amide bonds. The van der Waals surface area contributed by atoms with E-state index in [0.717, 1.165) is 44.1 Å². The Balaban J connectivity index is 1.52. The molecule has 2 aliphatic heterocycles. The van der Waals surface area contributed by atoms with Gasteiger partial charge in [0.05, 0.1) is 19.3 Å². The number of benzene rings is 1. The Kier molecular flexibility index (Phi) is 4.81. The summed E-state index contributed by atoms with van der Waals surface area (Å²) in [7, 11) is 0. The highest BCUT2D eigenvalue weighted by Crippen LogP contribution is 2.28. The van der Waals surface area contributed by atoms with Crippen LogP contribution in [0, 0.1) is 0 Å². The summed E-state index contributed by atoms with van der Waals surface area (Å²) in [6.45, 7) is 3.40. The third-order valence-corrected chi connectivity index (χ3v) is 5.08. The Labute approximate surface area is 148 Å². The van der Waals surface area contributed by atoms with Gasteiger partial charge < -0.3 is 19.6 Å². The van der Waals surface area contributed by atoms with Gasteiger partial charge in [0.1, 0.15) is 24.1 Å². The van der Waals surface area contributed by atoms with E-state index in [1.807, 2.05) is 24.3 Å². The molecular formula is C19H24N4O2. The lowest BCUT2D eigenvalue weighted by atomic mass is 10.1. The van der Waals surface area contributed by atoms with Crippen molar-refractivity contribution in [3.8, 4) is 0 Å². The Bertz CT molecular complexity index is 697. The van der Waals surface area contributed by atoms with E-state index in [2.05, 4.69) is 31.9 Å². The van der Waals surface area contributed by atoms with Crippen LogP contribution in [0.15, 0.2) is 42.7 Å². The zero-order valence-corrected chi connectivity index (χ0v) is 14.3. The molecule has 0 spiro atoms. The molecule has 1 aromatic heterocycles. The minimum atomic E-state index is 0.0605. The first-order valence-corrected chi connectivity index (χ1v) is 8.96. The van der Waals surface area contributed by atoms with Crippen LogP contribution in [0.2, 0.25) is 0 Å². The zero-order valence-electron chi connectivity index (χ0n) is 14.3. The number of aliphatic hydroxyl groups excluding tert-OH is 1. The molecule has 2 saturated heterocycles. The van der Waals surface area contributed by atoms with Gasteiger partial charge in [-0.1, -0.05) is 30.3 Å². The van der Waals surface area contributed by atoms with E-state index >= 15 is 0 Å². The maximum atomic E-state index is 9.56. The maximum Gasteiger partial charge on any atom is 0.134 e. The van der Waals surface area contributed by atoms with E-state index in [1.54, 1.807) is 6.33 Å². The van der Waals surface area contributed by atoms with Crippen molar-refractivity contribution in [3.05, 3.63) is 48.3 Å². The molecule has 3 heterocycles. The molecule has 0 saturated carbocycles. The van der Waals surface area contributed by atoms with Crippen LogP contribution >= 0.6 is 0 Å². The van der Waals surface area contributed by atoms with Gasteiger partial charge in [-0.15, -0.1) is 0 Å².